The van der Waals surface area contributed by atoms with Gasteiger partial charge in [-0.3, -0.25) is 4.79 Å². The summed E-state index contributed by atoms with van der Waals surface area (Å²) in [4.78, 5) is 10.8. The van der Waals surface area contributed by atoms with E-state index in [2.05, 4.69) is 5.32 Å². The van der Waals surface area contributed by atoms with Crippen molar-refractivity contribution in [1.29, 1.82) is 0 Å². The van der Waals surface area contributed by atoms with Gasteiger partial charge < -0.3 is 11.1 Å². The molecule has 0 aliphatic carbocycles. The smallest absolute Gasteiger partial charge is 0.221 e. The fourth-order valence-corrected chi connectivity index (χ4v) is 1.56. The molecule has 0 radical (unpaired) electrons. The van der Waals surface area contributed by atoms with Crippen LogP contribution in [0, 0.1) is 0 Å². The molecule has 0 unspecified atom stereocenters. The molecule has 0 spiro atoms. The van der Waals surface area contributed by atoms with E-state index < -0.39 is 0 Å². The van der Waals surface area contributed by atoms with E-state index in [1.165, 1.54) is 0 Å². The fraction of sp³-hybridized carbons (Fsp3) is 0.0833. The van der Waals surface area contributed by atoms with Crippen LogP contribution in [0.2, 0.25) is 0 Å². The van der Waals surface area contributed by atoms with Crippen LogP contribution in [0.25, 0.3) is 12.3 Å². The number of carbonyl (C=O) groups excluding carboxylic acids is 1. The highest BCUT2D eigenvalue weighted by Crippen LogP contribution is 2.01. The molecule has 15 heavy (non-hydrogen) atoms. The summed E-state index contributed by atoms with van der Waals surface area (Å²) in [5.74, 6) is -0.321. The lowest BCUT2D eigenvalue weighted by Crippen LogP contribution is -2.24. The van der Waals surface area contributed by atoms with Gasteiger partial charge in [0.15, 0.2) is 0 Å². The summed E-state index contributed by atoms with van der Waals surface area (Å²) in [5.41, 5.74) is 6.05. The third-order valence-corrected chi connectivity index (χ3v) is 2.22. The Bertz CT molecular complexity index is 529. The lowest BCUT2D eigenvalue weighted by Gasteiger charge is -1.96. The highest BCUT2D eigenvalue weighted by atomic mass is 16.1. The zero-order chi connectivity index (χ0) is 10.7. The summed E-state index contributed by atoms with van der Waals surface area (Å²) in [7, 11) is 0. The van der Waals surface area contributed by atoms with E-state index >= 15 is 0 Å². The van der Waals surface area contributed by atoms with Crippen LogP contribution >= 0.6 is 0 Å². The first-order valence-corrected chi connectivity index (χ1v) is 4.76. The van der Waals surface area contributed by atoms with E-state index in [9.17, 15) is 4.79 Å². The molecule has 1 aromatic carbocycles. The Balaban J connectivity index is 2.45. The standard InChI is InChI=1S/C12H12N2O/c13-12(15)6-9-5-10-3-1-2-4-11(10)8-14-7-9/h1-5,7-8,14H,6H2,(H2,13,15). The third kappa shape index (κ3) is 2.26. The number of hydrogen-bond donors (Lipinski definition) is 2. The van der Waals surface area contributed by atoms with E-state index in [-0.39, 0.29) is 12.3 Å². The summed E-state index contributed by atoms with van der Waals surface area (Å²) < 4.78 is 0. The molecule has 3 nitrogen and oxygen atoms in total. The SMILES string of the molecule is NC(=O)CC1=CNC=c2ccccc2=C1. The Morgan fingerprint density at radius 3 is 2.67 bits per heavy atom. The van der Waals surface area contributed by atoms with Crippen LogP contribution in [0.3, 0.4) is 0 Å². The van der Waals surface area contributed by atoms with Gasteiger partial charge >= 0.3 is 0 Å². The second kappa shape index (κ2) is 4.00. The monoisotopic (exact) mass is 200 g/mol. The maximum atomic E-state index is 10.8. The minimum absolute atomic E-state index is 0.259. The van der Waals surface area contributed by atoms with Crippen molar-refractivity contribution in [1.82, 2.24) is 5.32 Å². The minimum atomic E-state index is -0.321. The van der Waals surface area contributed by atoms with Gasteiger partial charge in [0.2, 0.25) is 5.91 Å². The Kier molecular flexibility index (Phi) is 2.54. The van der Waals surface area contributed by atoms with Gasteiger partial charge in [-0.15, -0.1) is 0 Å². The molecule has 1 amide bonds. The fourth-order valence-electron chi connectivity index (χ4n) is 1.56. The number of fused-ring (bicyclic) bond motifs is 1. The average Bonchev–Trinajstić information content (AvgIpc) is 2.38. The Labute approximate surface area is 87.6 Å². The summed E-state index contributed by atoms with van der Waals surface area (Å²) in [6.07, 6.45) is 5.93. The van der Waals surface area contributed by atoms with Crippen molar-refractivity contribution in [3.05, 3.63) is 46.5 Å². The van der Waals surface area contributed by atoms with Crippen LogP contribution in [0.4, 0.5) is 0 Å². The number of rotatable bonds is 2. The molecular weight excluding hydrogens is 188 g/mol. The number of nitrogens with two attached hydrogens (primary N) is 1. The molecule has 0 bridgehead atoms. The number of nitrogens with one attached hydrogen (secondary N) is 1. The number of benzene rings is 1. The van der Waals surface area contributed by atoms with Gasteiger partial charge in [0.1, 0.15) is 0 Å². The lowest BCUT2D eigenvalue weighted by molar-refractivity contribution is -0.117. The van der Waals surface area contributed by atoms with Crippen molar-refractivity contribution < 1.29 is 4.79 Å². The lowest BCUT2D eigenvalue weighted by atomic mass is 10.1. The molecule has 76 valence electrons. The third-order valence-electron chi connectivity index (χ3n) is 2.22. The topological polar surface area (TPSA) is 55.1 Å². The summed E-state index contributed by atoms with van der Waals surface area (Å²) in [6, 6.07) is 7.97. The van der Waals surface area contributed by atoms with E-state index in [0.717, 1.165) is 16.0 Å². The van der Waals surface area contributed by atoms with Gasteiger partial charge in [0, 0.05) is 12.4 Å². The van der Waals surface area contributed by atoms with Gasteiger partial charge in [-0.05, 0) is 22.1 Å². The minimum Gasteiger partial charge on any atom is -0.369 e. The van der Waals surface area contributed by atoms with Crippen molar-refractivity contribution in [3.63, 3.8) is 0 Å². The quantitative estimate of drug-likeness (QED) is 0.680. The predicted octanol–water partition coefficient (Wildman–Crippen LogP) is -0.432. The molecule has 3 heteroatoms. The van der Waals surface area contributed by atoms with Crippen LogP contribution in [0.15, 0.2) is 36.0 Å². The number of primary amides is 1. The van der Waals surface area contributed by atoms with E-state index in [1.54, 1.807) is 6.20 Å². The second-order valence-electron chi connectivity index (χ2n) is 3.45. The van der Waals surface area contributed by atoms with Crippen LogP contribution in [-0.2, 0) is 4.79 Å². The maximum absolute atomic E-state index is 10.8. The Morgan fingerprint density at radius 2 is 1.93 bits per heavy atom. The Hall–Kier alpha value is -2.03. The van der Waals surface area contributed by atoms with Crippen molar-refractivity contribution in [3.8, 4) is 0 Å². The number of carbonyl (C=O) groups is 1. The molecule has 0 saturated heterocycles. The molecule has 3 N–H and O–H groups in total. The first-order valence-electron chi connectivity index (χ1n) is 4.76. The van der Waals surface area contributed by atoms with E-state index in [0.29, 0.717) is 0 Å². The molecule has 1 aromatic rings. The summed E-state index contributed by atoms with van der Waals surface area (Å²) >= 11 is 0. The average molecular weight is 200 g/mol. The van der Waals surface area contributed by atoms with Gasteiger partial charge in [-0.1, -0.05) is 24.3 Å². The van der Waals surface area contributed by atoms with E-state index in [1.807, 2.05) is 36.5 Å². The van der Waals surface area contributed by atoms with Crippen LogP contribution in [-0.4, -0.2) is 5.91 Å². The van der Waals surface area contributed by atoms with Crippen LogP contribution in [0.5, 0.6) is 0 Å². The zero-order valence-corrected chi connectivity index (χ0v) is 8.23. The molecule has 1 aliphatic rings. The first kappa shape index (κ1) is 9.52. The van der Waals surface area contributed by atoms with Crippen LogP contribution in [0.1, 0.15) is 6.42 Å². The maximum Gasteiger partial charge on any atom is 0.221 e. The molecule has 1 heterocycles. The summed E-state index contributed by atoms with van der Waals surface area (Å²) in [5, 5.41) is 5.23. The van der Waals surface area contributed by atoms with Gasteiger partial charge in [-0.2, -0.15) is 0 Å². The molecule has 1 aliphatic heterocycles. The number of hydrogen-bond acceptors (Lipinski definition) is 2. The normalized spacial score (nSPS) is 13.5. The molecule has 0 fully saturated rings. The highest BCUT2D eigenvalue weighted by Gasteiger charge is 2.00. The van der Waals surface area contributed by atoms with Crippen LogP contribution < -0.4 is 21.5 Å². The highest BCUT2D eigenvalue weighted by molar-refractivity contribution is 5.79. The summed E-state index contributed by atoms with van der Waals surface area (Å²) in [6.45, 7) is 0. The largest absolute Gasteiger partial charge is 0.369 e. The molecule has 0 saturated carbocycles. The molecular formula is C12H12N2O. The molecule has 0 atom stereocenters. The number of amides is 1. The van der Waals surface area contributed by atoms with Gasteiger partial charge in [-0.25, -0.2) is 0 Å². The first-order chi connectivity index (χ1) is 7.25. The Morgan fingerprint density at radius 1 is 1.20 bits per heavy atom. The van der Waals surface area contributed by atoms with Crippen molar-refractivity contribution >= 4 is 18.2 Å². The van der Waals surface area contributed by atoms with Crippen molar-refractivity contribution in [2.24, 2.45) is 5.73 Å². The second-order valence-corrected chi connectivity index (χ2v) is 3.45. The zero-order valence-electron chi connectivity index (χ0n) is 8.23. The molecule has 2 rings (SSSR count). The predicted molar refractivity (Wildman–Crippen MR) is 59.7 cm³/mol. The van der Waals surface area contributed by atoms with E-state index in [4.69, 9.17) is 5.73 Å². The van der Waals surface area contributed by atoms with Gasteiger partial charge in [0.05, 0.1) is 6.42 Å². The van der Waals surface area contributed by atoms with Gasteiger partial charge in [0.25, 0.3) is 0 Å². The van der Waals surface area contributed by atoms with Crippen molar-refractivity contribution in [2.45, 2.75) is 6.42 Å². The van der Waals surface area contributed by atoms with Crippen molar-refractivity contribution in [2.75, 3.05) is 0 Å². The molecule has 0 aromatic heterocycles.